The monoisotopic (exact) mass is 207 g/mol. The van der Waals surface area contributed by atoms with Gasteiger partial charge in [-0.2, -0.15) is 0 Å². The molecular formula is C11H17N3O. The van der Waals surface area contributed by atoms with E-state index in [-0.39, 0.29) is 0 Å². The predicted octanol–water partition coefficient (Wildman–Crippen LogP) is 0.840. The first-order valence-electron chi connectivity index (χ1n) is 5.51. The molecule has 1 fully saturated rings. The third kappa shape index (κ3) is 2.89. The van der Waals surface area contributed by atoms with Crippen molar-refractivity contribution >= 4 is 6.29 Å². The minimum absolute atomic E-state index is 0.489. The summed E-state index contributed by atoms with van der Waals surface area (Å²) in [6.07, 6.45) is 10.2. The van der Waals surface area contributed by atoms with Crippen molar-refractivity contribution in [3.63, 3.8) is 0 Å². The number of rotatable bonds is 5. The summed E-state index contributed by atoms with van der Waals surface area (Å²) in [6.45, 7) is 1.54. The molecule has 4 heteroatoms. The van der Waals surface area contributed by atoms with Crippen LogP contribution in [0.1, 0.15) is 19.3 Å². The van der Waals surface area contributed by atoms with E-state index in [1.807, 2.05) is 18.7 Å². The number of carbonyl (C=O) groups is 1. The van der Waals surface area contributed by atoms with Gasteiger partial charge in [-0.25, -0.2) is 4.98 Å². The first-order chi connectivity index (χ1) is 7.38. The topological polar surface area (TPSA) is 46.9 Å². The highest BCUT2D eigenvalue weighted by Crippen LogP contribution is 2.26. The second kappa shape index (κ2) is 5.07. The van der Waals surface area contributed by atoms with Gasteiger partial charge in [0, 0.05) is 25.0 Å². The molecule has 1 aliphatic rings. The van der Waals surface area contributed by atoms with E-state index in [0.29, 0.717) is 12.6 Å². The molecule has 1 heterocycles. The Morgan fingerprint density at radius 2 is 2.47 bits per heavy atom. The number of nitrogens with zero attached hydrogens (tertiary/aromatic N) is 2. The van der Waals surface area contributed by atoms with Gasteiger partial charge in [0.1, 0.15) is 6.29 Å². The molecule has 1 saturated carbocycles. The molecule has 0 unspecified atom stereocenters. The molecule has 82 valence electrons. The molecule has 0 saturated heterocycles. The first kappa shape index (κ1) is 10.4. The van der Waals surface area contributed by atoms with E-state index in [2.05, 4.69) is 14.9 Å². The maximum atomic E-state index is 10.2. The van der Waals surface area contributed by atoms with Gasteiger partial charge in [-0.15, -0.1) is 0 Å². The number of hydrogen-bond donors (Lipinski definition) is 1. The summed E-state index contributed by atoms with van der Waals surface area (Å²) in [5, 5.41) is 3.25. The first-order valence-corrected chi connectivity index (χ1v) is 5.51. The normalized spacial score (nSPS) is 25.6. The molecular weight excluding hydrogens is 190 g/mol. The van der Waals surface area contributed by atoms with Crippen molar-refractivity contribution in [3.8, 4) is 0 Å². The molecule has 0 aliphatic heterocycles. The van der Waals surface area contributed by atoms with Gasteiger partial charge in [-0.3, -0.25) is 0 Å². The van der Waals surface area contributed by atoms with Crippen molar-refractivity contribution in [2.45, 2.75) is 31.8 Å². The van der Waals surface area contributed by atoms with Crippen molar-refractivity contribution in [3.05, 3.63) is 18.7 Å². The zero-order valence-electron chi connectivity index (χ0n) is 8.80. The summed E-state index contributed by atoms with van der Waals surface area (Å²) in [4.78, 5) is 14.3. The Morgan fingerprint density at radius 3 is 3.20 bits per heavy atom. The molecule has 2 rings (SSSR count). The number of nitrogens with one attached hydrogen (secondary N) is 1. The molecule has 1 aromatic rings. The average molecular weight is 207 g/mol. The summed E-state index contributed by atoms with van der Waals surface area (Å²) in [7, 11) is 0. The highest BCUT2D eigenvalue weighted by Gasteiger charge is 2.23. The van der Waals surface area contributed by atoms with E-state index in [1.165, 1.54) is 19.3 Å². The van der Waals surface area contributed by atoms with Crippen LogP contribution in [0.5, 0.6) is 0 Å². The minimum Gasteiger partial charge on any atom is -0.337 e. The van der Waals surface area contributed by atoms with Crippen molar-refractivity contribution in [2.75, 3.05) is 6.54 Å². The molecule has 1 aromatic heterocycles. The van der Waals surface area contributed by atoms with Crippen LogP contribution in [0.4, 0.5) is 0 Å². The van der Waals surface area contributed by atoms with Crippen LogP contribution in [0.15, 0.2) is 18.7 Å². The zero-order valence-corrected chi connectivity index (χ0v) is 8.80. The maximum Gasteiger partial charge on any atom is 0.133 e. The third-order valence-electron chi connectivity index (χ3n) is 3.06. The smallest absolute Gasteiger partial charge is 0.133 e. The van der Waals surface area contributed by atoms with Crippen LogP contribution in [0, 0.1) is 5.92 Å². The lowest BCUT2D eigenvalue weighted by Crippen LogP contribution is -2.28. The fourth-order valence-corrected chi connectivity index (χ4v) is 2.33. The lowest BCUT2D eigenvalue weighted by molar-refractivity contribution is -0.107. The van der Waals surface area contributed by atoms with Gasteiger partial charge in [-0.1, -0.05) is 0 Å². The van der Waals surface area contributed by atoms with E-state index in [0.717, 1.165) is 18.7 Å². The number of aldehydes is 1. The molecule has 0 bridgehead atoms. The number of carbonyl (C=O) groups excluding carboxylic acids is 1. The van der Waals surface area contributed by atoms with Crippen molar-refractivity contribution in [1.29, 1.82) is 0 Å². The van der Waals surface area contributed by atoms with Crippen LogP contribution in [0.25, 0.3) is 0 Å². The fraction of sp³-hybridized carbons (Fsp3) is 0.636. The molecule has 1 N–H and O–H groups in total. The third-order valence-corrected chi connectivity index (χ3v) is 3.06. The largest absolute Gasteiger partial charge is 0.337 e. The molecule has 0 spiro atoms. The van der Waals surface area contributed by atoms with Gasteiger partial charge >= 0.3 is 0 Å². The Labute approximate surface area is 89.7 Å². The lowest BCUT2D eigenvalue weighted by atomic mass is 10.1. The maximum absolute atomic E-state index is 10.2. The van der Waals surface area contributed by atoms with Crippen molar-refractivity contribution < 1.29 is 4.79 Å². The van der Waals surface area contributed by atoms with Crippen molar-refractivity contribution in [1.82, 2.24) is 14.9 Å². The highest BCUT2D eigenvalue weighted by atomic mass is 16.1. The van der Waals surface area contributed by atoms with Crippen LogP contribution in [-0.4, -0.2) is 28.4 Å². The summed E-state index contributed by atoms with van der Waals surface area (Å²) >= 11 is 0. The number of imidazole rings is 1. The van der Waals surface area contributed by atoms with Gasteiger partial charge in [0.2, 0.25) is 0 Å². The molecule has 1 aliphatic carbocycles. The van der Waals surface area contributed by atoms with Crippen LogP contribution in [0.2, 0.25) is 0 Å². The minimum atomic E-state index is 0.489. The summed E-state index contributed by atoms with van der Waals surface area (Å²) in [5.74, 6) is 0.725. The van der Waals surface area contributed by atoms with Gasteiger partial charge in [0.25, 0.3) is 0 Å². The molecule has 15 heavy (non-hydrogen) atoms. The van der Waals surface area contributed by atoms with Crippen LogP contribution < -0.4 is 5.32 Å². The van der Waals surface area contributed by atoms with Gasteiger partial charge < -0.3 is 14.7 Å². The van der Waals surface area contributed by atoms with Crippen LogP contribution in [0.3, 0.4) is 0 Å². The molecule has 0 radical (unpaired) electrons. The Hall–Kier alpha value is -1.16. The SMILES string of the molecule is O=CCN[C@@H]1CC[C@H](Cn2ccnc2)C1. The highest BCUT2D eigenvalue weighted by molar-refractivity contribution is 5.51. The second-order valence-electron chi connectivity index (χ2n) is 4.21. The second-order valence-corrected chi connectivity index (χ2v) is 4.21. The predicted molar refractivity (Wildman–Crippen MR) is 57.4 cm³/mol. The zero-order chi connectivity index (χ0) is 10.5. The average Bonchev–Trinajstić information content (AvgIpc) is 2.87. The number of aromatic nitrogens is 2. The Kier molecular flexibility index (Phi) is 3.50. The van der Waals surface area contributed by atoms with E-state index < -0.39 is 0 Å². The summed E-state index contributed by atoms with van der Waals surface area (Å²) < 4.78 is 2.13. The van der Waals surface area contributed by atoms with E-state index >= 15 is 0 Å². The van der Waals surface area contributed by atoms with Crippen LogP contribution >= 0.6 is 0 Å². The van der Waals surface area contributed by atoms with Gasteiger partial charge in [0.15, 0.2) is 0 Å². The van der Waals surface area contributed by atoms with E-state index in [9.17, 15) is 4.79 Å². The molecule has 0 aromatic carbocycles. The Morgan fingerprint density at radius 1 is 1.53 bits per heavy atom. The summed E-state index contributed by atoms with van der Waals surface area (Å²) in [6, 6.07) is 0.531. The standard InChI is InChI=1S/C11H17N3O/c15-6-4-13-11-2-1-10(7-11)8-14-5-3-12-9-14/h3,5-6,9-11,13H,1-2,4,7-8H2/t10-,11+/m0/s1. The fourth-order valence-electron chi connectivity index (χ4n) is 2.33. The Balaban J connectivity index is 1.75. The Bertz CT molecular complexity index is 297. The lowest BCUT2D eigenvalue weighted by Gasteiger charge is -2.11. The van der Waals surface area contributed by atoms with Gasteiger partial charge in [-0.05, 0) is 25.2 Å². The molecule has 2 atom stereocenters. The van der Waals surface area contributed by atoms with E-state index in [4.69, 9.17) is 0 Å². The quantitative estimate of drug-likeness (QED) is 0.728. The van der Waals surface area contributed by atoms with E-state index in [1.54, 1.807) is 0 Å². The number of hydrogen-bond acceptors (Lipinski definition) is 3. The van der Waals surface area contributed by atoms with Crippen LogP contribution in [-0.2, 0) is 11.3 Å². The summed E-state index contributed by atoms with van der Waals surface area (Å²) in [5.41, 5.74) is 0. The molecule has 4 nitrogen and oxygen atoms in total. The van der Waals surface area contributed by atoms with Gasteiger partial charge in [0.05, 0.1) is 12.9 Å². The van der Waals surface area contributed by atoms with Crippen molar-refractivity contribution in [2.24, 2.45) is 5.92 Å². The molecule has 0 amide bonds.